The quantitative estimate of drug-likeness (QED) is 0.815. The van der Waals surface area contributed by atoms with Gasteiger partial charge < -0.3 is 16.4 Å². The van der Waals surface area contributed by atoms with E-state index in [1.807, 2.05) is 11.9 Å². The van der Waals surface area contributed by atoms with Crippen LogP contribution in [0.25, 0.3) is 0 Å². The van der Waals surface area contributed by atoms with E-state index in [-0.39, 0.29) is 11.7 Å². The fourth-order valence-electron chi connectivity index (χ4n) is 2.19. The van der Waals surface area contributed by atoms with Gasteiger partial charge in [-0.05, 0) is 43.0 Å². The Morgan fingerprint density at radius 1 is 1.44 bits per heavy atom. The zero-order valence-corrected chi connectivity index (χ0v) is 10.4. The molecule has 1 aromatic rings. The van der Waals surface area contributed by atoms with E-state index < -0.39 is 11.4 Å². The second kappa shape index (κ2) is 4.57. The van der Waals surface area contributed by atoms with Crippen LogP contribution in [0, 0.1) is 11.7 Å². The molecule has 0 bridgehead atoms. The van der Waals surface area contributed by atoms with E-state index in [1.54, 1.807) is 12.1 Å². The van der Waals surface area contributed by atoms with E-state index in [4.69, 9.17) is 11.5 Å². The van der Waals surface area contributed by atoms with Gasteiger partial charge in [0.15, 0.2) is 0 Å². The number of hydrogen-bond donors (Lipinski definition) is 2. The number of halogens is 1. The van der Waals surface area contributed by atoms with Crippen LogP contribution in [0.5, 0.6) is 0 Å². The van der Waals surface area contributed by atoms with Gasteiger partial charge in [-0.2, -0.15) is 0 Å². The lowest BCUT2D eigenvalue weighted by Gasteiger charge is -2.32. The molecule has 0 saturated heterocycles. The molecule has 0 spiro atoms. The van der Waals surface area contributed by atoms with Crippen molar-refractivity contribution in [2.45, 2.75) is 18.4 Å². The predicted octanol–water partition coefficient (Wildman–Crippen LogP) is 0.855. The summed E-state index contributed by atoms with van der Waals surface area (Å²) in [4.78, 5) is 13.4. The van der Waals surface area contributed by atoms with Gasteiger partial charge in [-0.25, -0.2) is 4.39 Å². The number of carbonyl (C=O) groups is 1. The molecule has 1 amide bonds. The molecule has 0 aliphatic heterocycles. The van der Waals surface area contributed by atoms with Crippen LogP contribution in [0.4, 0.5) is 10.1 Å². The Labute approximate surface area is 106 Å². The lowest BCUT2D eigenvalue weighted by Crippen LogP contribution is -2.60. The highest BCUT2D eigenvalue weighted by Crippen LogP contribution is 2.38. The minimum absolute atomic E-state index is 0.165. The van der Waals surface area contributed by atoms with Crippen LogP contribution in [-0.4, -0.2) is 25.0 Å². The molecule has 0 aromatic heterocycles. The predicted molar refractivity (Wildman–Crippen MR) is 68.5 cm³/mol. The molecular formula is C13H18FN3O. The Kier molecular flexibility index (Phi) is 3.26. The Morgan fingerprint density at radius 2 is 2.00 bits per heavy atom. The lowest BCUT2D eigenvalue weighted by molar-refractivity contribution is -0.123. The molecule has 1 aliphatic carbocycles. The number of anilines is 1. The maximum atomic E-state index is 12.8. The van der Waals surface area contributed by atoms with Crippen LogP contribution >= 0.6 is 0 Å². The van der Waals surface area contributed by atoms with E-state index in [2.05, 4.69) is 0 Å². The third-order valence-electron chi connectivity index (χ3n) is 3.53. The number of nitrogens with two attached hydrogens (primary N) is 2. The zero-order chi connectivity index (χ0) is 13.3. The number of benzene rings is 1. The molecule has 1 fully saturated rings. The maximum Gasteiger partial charge on any atom is 0.239 e. The number of nitrogens with zero attached hydrogens (tertiary/aromatic N) is 1. The fourth-order valence-corrected chi connectivity index (χ4v) is 2.19. The first-order valence-electron chi connectivity index (χ1n) is 5.99. The van der Waals surface area contributed by atoms with Crippen molar-refractivity contribution in [2.24, 2.45) is 17.4 Å². The smallest absolute Gasteiger partial charge is 0.239 e. The molecule has 5 heteroatoms. The number of hydrogen-bond acceptors (Lipinski definition) is 3. The number of rotatable bonds is 5. The second-order valence-electron chi connectivity index (χ2n) is 5.01. The van der Waals surface area contributed by atoms with Gasteiger partial charge in [0.05, 0.1) is 0 Å². The number of carbonyl (C=O) groups excluding carboxylic acids is 1. The standard InChI is InChI=1S/C13H18FN3O/c1-17(11-6-4-10(14)5-7-11)8-13(16,12(15)18)9-2-3-9/h4-7,9H,2-3,8,16H2,1H3,(H2,15,18). The molecule has 1 aromatic carbocycles. The molecular weight excluding hydrogens is 233 g/mol. The van der Waals surface area contributed by atoms with Crippen LogP contribution in [0.15, 0.2) is 24.3 Å². The average molecular weight is 251 g/mol. The first-order valence-corrected chi connectivity index (χ1v) is 5.99. The van der Waals surface area contributed by atoms with Gasteiger partial charge in [0.1, 0.15) is 11.4 Å². The van der Waals surface area contributed by atoms with Crippen LogP contribution < -0.4 is 16.4 Å². The molecule has 4 N–H and O–H groups in total. The average Bonchev–Trinajstić information content (AvgIpc) is 3.13. The highest BCUT2D eigenvalue weighted by molar-refractivity contribution is 5.86. The third kappa shape index (κ3) is 2.46. The molecule has 1 saturated carbocycles. The van der Waals surface area contributed by atoms with Crippen LogP contribution in [-0.2, 0) is 4.79 Å². The molecule has 0 radical (unpaired) electrons. The van der Waals surface area contributed by atoms with E-state index in [0.29, 0.717) is 6.54 Å². The second-order valence-corrected chi connectivity index (χ2v) is 5.01. The van der Waals surface area contributed by atoms with Crippen LogP contribution in [0.3, 0.4) is 0 Å². The molecule has 18 heavy (non-hydrogen) atoms. The summed E-state index contributed by atoms with van der Waals surface area (Å²) in [5.41, 5.74) is 11.4. The number of likely N-dealkylation sites (N-methyl/N-ethyl adjacent to an activating group) is 1. The first-order chi connectivity index (χ1) is 8.43. The normalized spacial score (nSPS) is 18.2. The van der Waals surface area contributed by atoms with Crippen molar-refractivity contribution in [3.05, 3.63) is 30.1 Å². The molecule has 98 valence electrons. The molecule has 1 aliphatic rings. The van der Waals surface area contributed by atoms with Crippen molar-refractivity contribution in [3.8, 4) is 0 Å². The highest BCUT2D eigenvalue weighted by atomic mass is 19.1. The van der Waals surface area contributed by atoms with E-state index in [0.717, 1.165) is 18.5 Å². The molecule has 1 atom stereocenters. The van der Waals surface area contributed by atoms with Crippen molar-refractivity contribution in [3.63, 3.8) is 0 Å². The summed E-state index contributed by atoms with van der Waals surface area (Å²) in [5, 5.41) is 0. The van der Waals surface area contributed by atoms with Crippen molar-refractivity contribution >= 4 is 11.6 Å². The Morgan fingerprint density at radius 3 is 2.44 bits per heavy atom. The summed E-state index contributed by atoms with van der Waals surface area (Å²) in [6, 6.07) is 6.07. The third-order valence-corrected chi connectivity index (χ3v) is 3.53. The van der Waals surface area contributed by atoms with Crippen molar-refractivity contribution in [1.29, 1.82) is 0 Å². The van der Waals surface area contributed by atoms with Crippen LogP contribution in [0.2, 0.25) is 0 Å². The minimum atomic E-state index is -0.997. The topological polar surface area (TPSA) is 72.3 Å². The molecule has 0 heterocycles. The maximum absolute atomic E-state index is 12.8. The monoisotopic (exact) mass is 251 g/mol. The summed E-state index contributed by atoms with van der Waals surface area (Å²) in [7, 11) is 1.82. The van der Waals surface area contributed by atoms with Crippen molar-refractivity contribution < 1.29 is 9.18 Å². The summed E-state index contributed by atoms with van der Waals surface area (Å²) < 4.78 is 12.8. The van der Waals surface area contributed by atoms with Gasteiger partial charge in [0.25, 0.3) is 0 Å². The summed E-state index contributed by atoms with van der Waals surface area (Å²) >= 11 is 0. The summed E-state index contributed by atoms with van der Waals surface area (Å²) in [6.45, 7) is 0.346. The lowest BCUT2D eigenvalue weighted by atomic mass is 9.93. The number of primary amides is 1. The zero-order valence-electron chi connectivity index (χ0n) is 10.4. The summed E-state index contributed by atoms with van der Waals surface area (Å²) in [5.74, 6) is -0.597. The van der Waals surface area contributed by atoms with E-state index in [1.165, 1.54) is 12.1 Å². The Bertz CT molecular complexity index is 444. The largest absolute Gasteiger partial charge is 0.372 e. The Hall–Kier alpha value is -1.62. The number of amides is 1. The molecule has 1 unspecified atom stereocenters. The highest BCUT2D eigenvalue weighted by Gasteiger charge is 2.47. The van der Waals surface area contributed by atoms with Gasteiger partial charge in [0.2, 0.25) is 5.91 Å². The molecule has 2 rings (SSSR count). The van der Waals surface area contributed by atoms with Crippen LogP contribution in [0.1, 0.15) is 12.8 Å². The van der Waals surface area contributed by atoms with Crippen molar-refractivity contribution in [2.75, 3.05) is 18.5 Å². The van der Waals surface area contributed by atoms with Gasteiger partial charge in [-0.1, -0.05) is 0 Å². The van der Waals surface area contributed by atoms with Gasteiger partial charge in [0, 0.05) is 19.3 Å². The van der Waals surface area contributed by atoms with Gasteiger partial charge >= 0.3 is 0 Å². The first kappa shape index (κ1) is 12.8. The summed E-state index contributed by atoms with van der Waals surface area (Å²) in [6.07, 6.45) is 1.88. The van der Waals surface area contributed by atoms with E-state index >= 15 is 0 Å². The van der Waals surface area contributed by atoms with Gasteiger partial charge in [-0.15, -0.1) is 0 Å². The Balaban J connectivity index is 2.12. The minimum Gasteiger partial charge on any atom is -0.372 e. The van der Waals surface area contributed by atoms with Crippen molar-refractivity contribution in [1.82, 2.24) is 0 Å². The van der Waals surface area contributed by atoms with Gasteiger partial charge in [-0.3, -0.25) is 4.79 Å². The van der Waals surface area contributed by atoms with E-state index in [9.17, 15) is 9.18 Å². The fraction of sp³-hybridized carbons (Fsp3) is 0.462. The SMILES string of the molecule is CN(CC(N)(C(N)=O)C1CC1)c1ccc(F)cc1. The molecule has 4 nitrogen and oxygen atoms in total.